The zero-order valence-corrected chi connectivity index (χ0v) is 12.5. The number of carbonyl (C=O) groups excluding carboxylic acids is 1. The van der Waals surface area contributed by atoms with Gasteiger partial charge < -0.3 is 10.6 Å². The van der Waals surface area contributed by atoms with E-state index in [2.05, 4.69) is 10.6 Å². The average molecular weight is 314 g/mol. The lowest BCUT2D eigenvalue weighted by atomic mass is 10.1. The minimum atomic E-state index is -2.91. The molecule has 7 heteroatoms. The first-order valence-electron chi connectivity index (χ1n) is 6.92. The number of sulfone groups is 1. The highest BCUT2D eigenvalue weighted by atomic mass is 32.2. The number of halogens is 1. The Balaban J connectivity index is 1.65. The van der Waals surface area contributed by atoms with Gasteiger partial charge in [0, 0.05) is 13.1 Å². The van der Waals surface area contributed by atoms with Crippen LogP contribution in [0.1, 0.15) is 12.0 Å². The Hall–Kier alpha value is -1.63. The van der Waals surface area contributed by atoms with Crippen LogP contribution in [0.15, 0.2) is 24.3 Å². The molecule has 0 radical (unpaired) electrons. The summed E-state index contributed by atoms with van der Waals surface area (Å²) in [5.74, 6) is 0.0553. The van der Waals surface area contributed by atoms with E-state index in [4.69, 9.17) is 0 Å². The Morgan fingerprint density at radius 2 is 2.05 bits per heavy atom. The standard InChI is InChI=1S/C14H19FN2O3S/c15-13-4-2-1-3-12(13)5-7-16-14(18)17-9-11-6-8-21(19,20)10-11/h1-4,11H,5-10H2,(H2,16,17,18)/t11-/m1/s1. The molecule has 5 nitrogen and oxygen atoms in total. The minimum Gasteiger partial charge on any atom is -0.338 e. The molecule has 1 heterocycles. The van der Waals surface area contributed by atoms with E-state index in [0.29, 0.717) is 31.5 Å². The summed E-state index contributed by atoms with van der Waals surface area (Å²) in [7, 11) is -2.91. The number of nitrogens with one attached hydrogen (secondary N) is 2. The molecule has 1 aromatic rings. The molecule has 2 N–H and O–H groups in total. The van der Waals surface area contributed by atoms with Crippen molar-refractivity contribution in [1.29, 1.82) is 0 Å². The van der Waals surface area contributed by atoms with E-state index in [1.54, 1.807) is 18.2 Å². The lowest BCUT2D eigenvalue weighted by Gasteiger charge is -2.11. The van der Waals surface area contributed by atoms with Crippen molar-refractivity contribution in [1.82, 2.24) is 10.6 Å². The van der Waals surface area contributed by atoms with E-state index in [0.717, 1.165) is 0 Å². The van der Waals surface area contributed by atoms with Crippen LogP contribution in [0.25, 0.3) is 0 Å². The van der Waals surface area contributed by atoms with E-state index in [-0.39, 0.29) is 29.3 Å². The van der Waals surface area contributed by atoms with Crippen molar-refractivity contribution in [2.75, 3.05) is 24.6 Å². The summed E-state index contributed by atoms with van der Waals surface area (Å²) in [5, 5.41) is 5.29. The van der Waals surface area contributed by atoms with Crippen molar-refractivity contribution in [2.24, 2.45) is 5.92 Å². The predicted octanol–water partition coefficient (Wildman–Crippen LogP) is 1.10. The first kappa shape index (κ1) is 15.8. The number of urea groups is 1. The SMILES string of the molecule is O=C(NCCc1ccccc1F)NC[C@H]1CCS(=O)(=O)C1. The zero-order valence-electron chi connectivity index (χ0n) is 11.6. The maximum atomic E-state index is 13.4. The van der Waals surface area contributed by atoms with Gasteiger partial charge >= 0.3 is 6.03 Å². The van der Waals surface area contributed by atoms with Gasteiger partial charge in [-0.2, -0.15) is 0 Å². The van der Waals surface area contributed by atoms with Crippen LogP contribution in [0, 0.1) is 11.7 Å². The summed E-state index contributed by atoms with van der Waals surface area (Å²) < 4.78 is 35.9. The highest BCUT2D eigenvalue weighted by Gasteiger charge is 2.27. The minimum absolute atomic E-state index is 0.00711. The molecule has 21 heavy (non-hydrogen) atoms. The molecule has 0 bridgehead atoms. The topological polar surface area (TPSA) is 75.3 Å². The fraction of sp³-hybridized carbons (Fsp3) is 0.500. The molecule has 0 aliphatic carbocycles. The van der Waals surface area contributed by atoms with Crippen molar-refractivity contribution in [3.63, 3.8) is 0 Å². The molecule has 0 aromatic heterocycles. The molecule has 116 valence electrons. The van der Waals surface area contributed by atoms with E-state index in [1.807, 2.05) is 0 Å². The fourth-order valence-electron chi connectivity index (χ4n) is 2.34. The van der Waals surface area contributed by atoms with Crippen molar-refractivity contribution in [2.45, 2.75) is 12.8 Å². The van der Waals surface area contributed by atoms with Gasteiger partial charge in [-0.15, -0.1) is 0 Å². The van der Waals surface area contributed by atoms with Crippen molar-refractivity contribution in [3.05, 3.63) is 35.6 Å². The number of benzene rings is 1. The van der Waals surface area contributed by atoms with Gasteiger partial charge in [0.25, 0.3) is 0 Å². The van der Waals surface area contributed by atoms with Gasteiger partial charge in [-0.05, 0) is 30.4 Å². The molecular formula is C14H19FN2O3S. The third-order valence-electron chi connectivity index (χ3n) is 3.52. The van der Waals surface area contributed by atoms with Gasteiger partial charge in [0.05, 0.1) is 11.5 Å². The first-order chi connectivity index (χ1) is 9.96. The summed E-state index contributed by atoms with van der Waals surface area (Å²) >= 11 is 0. The molecule has 0 saturated carbocycles. The van der Waals surface area contributed by atoms with Crippen molar-refractivity contribution in [3.8, 4) is 0 Å². The average Bonchev–Trinajstić information content (AvgIpc) is 2.78. The van der Waals surface area contributed by atoms with Crippen molar-refractivity contribution >= 4 is 15.9 Å². The zero-order chi connectivity index (χ0) is 15.3. The van der Waals surface area contributed by atoms with Gasteiger partial charge in [-0.1, -0.05) is 18.2 Å². The first-order valence-corrected chi connectivity index (χ1v) is 8.74. The molecule has 0 unspecified atom stereocenters. The molecule has 2 rings (SSSR count). The fourth-order valence-corrected chi connectivity index (χ4v) is 4.21. The Morgan fingerprint density at radius 3 is 2.71 bits per heavy atom. The normalized spacial score (nSPS) is 20.1. The Bertz CT molecular complexity index is 604. The molecule has 2 amide bonds. The Labute approximate surface area is 123 Å². The highest BCUT2D eigenvalue weighted by molar-refractivity contribution is 7.91. The second kappa shape index (κ2) is 6.89. The van der Waals surface area contributed by atoms with Crippen LogP contribution in [-0.4, -0.2) is 39.0 Å². The molecule has 1 aliphatic rings. The monoisotopic (exact) mass is 314 g/mol. The largest absolute Gasteiger partial charge is 0.338 e. The van der Waals surface area contributed by atoms with Crippen molar-refractivity contribution < 1.29 is 17.6 Å². The molecule has 1 aliphatic heterocycles. The van der Waals surface area contributed by atoms with E-state index in [9.17, 15) is 17.6 Å². The summed E-state index contributed by atoms with van der Waals surface area (Å²) in [6, 6.07) is 6.08. The Morgan fingerprint density at radius 1 is 1.29 bits per heavy atom. The number of hydrogen-bond donors (Lipinski definition) is 2. The van der Waals surface area contributed by atoms with Gasteiger partial charge in [0.1, 0.15) is 5.82 Å². The second-order valence-electron chi connectivity index (χ2n) is 5.25. The molecule has 0 spiro atoms. The summed E-state index contributed by atoms with van der Waals surface area (Å²) in [6.07, 6.45) is 1.01. The molecule has 1 aromatic carbocycles. The quantitative estimate of drug-likeness (QED) is 0.854. The van der Waals surface area contributed by atoms with E-state index >= 15 is 0 Å². The smallest absolute Gasteiger partial charge is 0.314 e. The van der Waals surface area contributed by atoms with Crippen LogP contribution in [0.4, 0.5) is 9.18 Å². The number of carbonyl (C=O) groups is 1. The number of rotatable bonds is 5. The van der Waals surface area contributed by atoms with Gasteiger partial charge in [-0.25, -0.2) is 17.6 Å². The lowest BCUT2D eigenvalue weighted by molar-refractivity contribution is 0.239. The van der Waals surface area contributed by atoms with Crippen LogP contribution < -0.4 is 10.6 Å². The maximum absolute atomic E-state index is 13.4. The summed E-state index contributed by atoms with van der Waals surface area (Å²) in [6.45, 7) is 0.681. The molecule has 1 fully saturated rings. The van der Waals surface area contributed by atoms with E-state index in [1.165, 1.54) is 6.07 Å². The number of amides is 2. The maximum Gasteiger partial charge on any atom is 0.314 e. The molecule has 1 atom stereocenters. The third-order valence-corrected chi connectivity index (χ3v) is 5.35. The second-order valence-corrected chi connectivity index (χ2v) is 7.48. The predicted molar refractivity (Wildman–Crippen MR) is 78.3 cm³/mol. The van der Waals surface area contributed by atoms with E-state index < -0.39 is 9.84 Å². The number of hydrogen-bond acceptors (Lipinski definition) is 3. The highest BCUT2D eigenvalue weighted by Crippen LogP contribution is 2.17. The molecule has 1 saturated heterocycles. The Kier molecular flexibility index (Phi) is 5.17. The van der Waals surface area contributed by atoms with Crippen LogP contribution in [0.5, 0.6) is 0 Å². The van der Waals surface area contributed by atoms with Gasteiger partial charge in [-0.3, -0.25) is 0 Å². The molecular weight excluding hydrogens is 295 g/mol. The summed E-state index contributed by atoms with van der Waals surface area (Å²) in [5.41, 5.74) is 0.555. The third kappa shape index (κ3) is 5.00. The van der Waals surface area contributed by atoms with Crippen LogP contribution in [-0.2, 0) is 16.3 Å². The lowest BCUT2D eigenvalue weighted by Crippen LogP contribution is -2.39. The summed E-state index contributed by atoms with van der Waals surface area (Å²) in [4.78, 5) is 11.6. The van der Waals surface area contributed by atoms with Crippen LogP contribution in [0.3, 0.4) is 0 Å². The van der Waals surface area contributed by atoms with Crippen LogP contribution >= 0.6 is 0 Å². The van der Waals surface area contributed by atoms with Gasteiger partial charge in [0.15, 0.2) is 9.84 Å². The van der Waals surface area contributed by atoms with Gasteiger partial charge in [0.2, 0.25) is 0 Å². The van der Waals surface area contributed by atoms with Crippen LogP contribution in [0.2, 0.25) is 0 Å².